The molecule has 3 N–H and O–H groups in total. The number of guanidine groups is 1. The smallest absolute Gasteiger partial charge is 0.193 e. The summed E-state index contributed by atoms with van der Waals surface area (Å²) < 4.78 is 2.13. The number of hydrogen-bond acceptors (Lipinski definition) is 3. The topological polar surface area (TPSA) is 81.1 Å². The van der Waals surface area contributed by atoms with Crippen LogP contribution in [0.5, 0.6) is 0 Å². The quantitative estimate of drug-likeness (QED) is 0.461. The number of anilines is 1. The molecule has 0 fully saturated rings. The minimum absolute atomic E-state index is 0. The van der Waals surface area contributed by atoms with Gasteiger partial charge in [-0.05, 0) is 43.5 Å². The highest BCUT2D eigenvalue weighted by atomic mass is 127. The summed E-state index contributed by atoms with van der Waals surface area (Å²) in [4.78, 5) is 4.36. The third-order valence-electron chi connectivity index (χ3n) is 3.57. The fraction of sp³-hybridized carbons (Fsp3) is 0.400. The molecule has 0 spiro atoms. The Hall–Kier alpha value is -1.64. The summed E-state index contributed by atoms with van der Waals surface area (Å²) in [5.74, 6) is 2.34. The Morgan fingerprint density at radius 1 is 1.27 bits per heavy atom. The maximum Gasteiger partial charge on any atom is 0.193 e. The second kappa shape index (κ2) is 7.08. The molecule has 2 heterocycles. The van der Waals surface area contributed by atoms with Crippen LogP contribution in [0.4, 0.5) is 5.69 Å². The van der Waals surface area contributed by atoms with Gasteiger partial charge in [-0.3, -0.25) is 0 Å². The summed E-state index contributed by atoms with van der Waals surface area (Å²) in [7, 11) is 0. The molecule has 0 atom stereocenters. The van der Waals surface area contributed by atoms with Crippen LogP contribution in [0.15, 0.2) is 23.2 Å². The summed E-state index contributed by atoms with van der Waals surface area (Å²) in [6.07, 6.45) is 2.14. The zero-order chi connectivity index (χ0) is 14.8. The van der Waals surface area contributed by atoms with E-state index in [1.165, 1.54) is 11.1 Å². The molecular formula is C15H21IN6. The predicted molar refractivity (Wildman–Crippen MR) is 98.6 cm³/mol. The van der Waals surface area contributed by atoms with Gasteiger partial charge >= 0.3 is 0 Å². The number of nitrogens with one attached hydrogen (secondary N) is 1. The lowest BCUT2D eigenvalue weighted by molar-refractivity contribution is 0.688. The molecule has 1 aromatic heterocycles. The van der Waals surface area contributed by atoms with E-state index in [9.17, 15) is 0 Å². The Morgan fingerprint density at radius 3 is 2.73 bits per heavy atom. The van der Waals surface area contributed by atoms with Crippen molar-refractivity contribution in [2.24, 2.45) is 10.7 Å². The van der Waals surface area contributed by atoms with Gasteiger partial charge in [-0.15, -0.1) is 34.2 Å². The SMILES string of the molecule is Cc1cc(C)cc(NC(N)=NCc2nnc3n2CCC3)c1.I. The van der Waals surface area contributed by atoms with E-state index >= 15 is 0 Å². The van der Waals surface area contributed by atoms with E-state index in [0.29, 0.717) is 12.5 Å². The molecule has 0 aliphatic carbocycles. The van der Waals surface area contributed by atoms with Gasteiger partial charge in [0, 0.05) is 18.7 Å². The lowest BCUT2D eigenvalue weighted by Crippen LogP contribution is -2.23. The zero-order valence-corrected chi connectivity index (χ0v) is 15.2. The second-order valence-corrected chi connectivity index (χ2v) is 5.49. The lowest BCUT2D eigenvalue weighted by atomic mass is 10.1. The average molecular weight is 412 g/mol. The number of aromatic nitrogens is 3. The molecule has 0 saturated carbocycles. The highest BCUT2D eigenvalue weighted by Gasteiger charge is 2.16. The Kier molecular flexibility index (Phi) is 5.38. The van der Waals surface area contributed by atoms with Gasteiger partial charge in [-0.1, -0.05) is 6.07 Å². The van der Waals surface area contributed by atoms with Crippen LogP contribution >= 0.6 is 24.0 Å². The number of aryl methyl sites for hydroxylation is 3. The predicted octanol–water partition coefficient (Wildman–Crippen LogP) is 2.39. The molecule has 1 aliphatic heterocycles. The van der Waals surface area contributed by atoms with Crippen molar-refractivity contribution >= 4 is 35.6 Å². The van der Waals surface area contributed by atoms with Crippen LogP contribution in [0.1, 0.15) is 29.2 Å². The standard InChI is InChI=1S/C15H20N6.HI/c1-10-6-11(2)8-12(7-10)18-15(16)17-9-14-20-19-13-4-3-5-21(13)14;/h6-8H,3-5,9H2,1-2H3,(H3,16,17,18);1H. The molecule has 0 amide bonds. The maximum absolute atomic E-state index is 5.95. The third-order valence-corrected chi connectivity index (χ3v) is 3.57. The largest absolute Gasteiger partial charge is 0.370 e. The van der Waals surface area contributed by atoms with Gasteiger partial charge in [0.2, 0.25) is 0 Å². The minimum Gasteiger partial charge on any atom is -0.370 e. The molecule has 22 heavy (non-hydrogen) atoms. The van der Waals surface area contributed by atoms with Crippen molar-refractivity contribution in [3.63, 3.8) is 0 Å². The first-order valence-electron chi connectivity index (χ1n) is 7.18. The van der Waals surface area contributed by atoms with E-state index in [4.69, 9.17) is 5.73 Å². The van der Waals surface area contributed by atoms with Gasteiger partial charge in [-0.25, -0.2) is 4.99 Å². The highest BCUT2D eigenvalue weighted by molar-refractivity contribution is 14.0. The Bertz CT molecular complexity index is 671. The fourth-order valence-electron chi connectivity index (χ4n) is 2.72. The molecule has 0 saturated heterocycles. The molecule has 2 aromatic rings. The number of hydrogen-bond donors (Lipinski definition) is 2. The van der Waals surface area contributed by atoms with Crippen molar-refractivity contribution < 1.29 is 0 Å². The van der Waals surface area contributed by atoms with Crippen molar-refractivity contribution in [1.82, 2.24) is 14.8 Å². The molecule has 118 valence electrons. The van der Waals surface area contributed by atoms with Crippen LogP contribution in [-0.4, -0.2) is 20.7 Å². The third kappa shape index (κ3) is 3.76. The van der Waals surface area contributed by atoms with E-state index in [2.05, 4.69) is 45.0 Å². The molecule has 1 aromatic carbocycles. The minimum atomic E-state index is 0. The number of fused-ring (bicyclic) bond motifs is 1. The van der Waals surface area contributed by atoms with Crippen molar-refractivity contribution in [3.05, 3.63) is 41.0 Å². The Balaban J connectivity index is 0.00000176. The van der Waals surface area contributed by atoms with Crippen molar-refractivity contribution in [3.8, 4) is 0 Å². The number of halogens is 1. The normalized spacial score (nSPS) is 13.6. The van der Waals surface area contributed by atoms with Gasteiger partial charge in [-0.2, -0.15) is 0 Å². The first kappa shape index (κ1) is 16.7. The summed E-state index contributed by atoms with van der Waals surface area (Å²) in [5, 5.41) is 11.5. The Labute approximate surface area is 147 Å². The fourth-order valence-corrected chi connectivity index (χ4v) is 2.72. The molecule has 0 radical (unpaired) electrons. The Morgan fingerprint density at radius 2 is 2.00 bits per heavy atom. The van der Waals surface area contributed by atoms with Gasteiger partial charge in [0.05, 0.1) is 0 Å². The van der Waals surface area contributed by atoms with Crippen LogP contribution < -0.4 is 11.1 Å². The van der Waals surface area contributed by atoms with Crippen LogP contribution in [0.2, 0.25) is 0 Å². The summed E-state index contributed by atoms with van der Waals surface area (Å²) in [6, 6.07) is 6.21. The first-order chi connectivity index (χ1) is 10.1. The van der Waals surface area contributed by atoms with Crippen LogP contribution in [0.3, 0.4) is 0 Å². The molecule has 1 aliphatic rings. The van der Waals surface area contributed by atoms with Crippen LogP contribution in [0, 0.1) is 13.8 Å². The van der Waals surface area contributed by atoms with Crippen molar-refractivity contribution in [2.45, 2.75) is 39.8 Å². The average Bonchev–Trinajstić information content (AvgIpc) is 2.98. The van der Waals surface area contributed by atoms with Crippen molar-refractivity contribution in [1.29, 1.82) is 0 Å². The lowest BCUT2D eigenvalue weighted by Gasteiger charge is -2.08. The molecule has 0 bridgehead atoms. The molecule has 0 unspecified atom stereocenters. The van der Waals surface area contributed by atoms with Crippen LogP contribution in [0.25, 0.3) is 0 Å². The molecule has 3 rings (SSSR count). The van der Waals surface area contributed by atoms with Gasteiger partial charge in [0.1, 0.15) is 12.4 Å². The van der Waals surface area contributed by atoms with E-state index in [1.807, 2.05) is 12.1 Å². The first-order valence-corrected chi connectivity index (χ1v) is 7.18. The molecule has 6 nitrogen and oxygen atoms in total. The number of nitrogens with two attached hydrogens (primary N) is 1. The summed E-state index contributed by atoms with van der Waals surface area (Å²) in [6.45, 7) is 5.56. The number of rotatable bonds is 3. The zero-order valence-electron chi connectivity index (χ0n) is 12.8. The number of benzene rings is 1. The molecular weight excluding hydrogens is 391 g/mol. The maximum atomic E-state index is 5.95. The van der Waals surface area contributed by atoms with Gasteiger partial charge < -0.3 is 15.6 Å². The van der Waals surface area contributed by atoms with E-state index in [0.717, 1.165) is 36.7 Å². The van der Waals surface area contributed by atoms with E-state index < -0.39 is 0 Å². The van der Waals surface area contributed by atoms with Crippen molar-refractivity contribution in [2.75, 3.05) is 5.32 Å². The van der Waals surface area contributed by atoms with Gasteiger partial charge in [0.25, 0.3) is 0 Å². The van der Waals surface area contributed by atoms with E-state index in [-0.39, 0.29) is 24.0 Å². The van der Waals surface area contributed by atoms with Gasteiger partial charge in [0.15, 0.2) is 11.8 Å². The van der Waals surface area contributed by atoms with E-state index in [1.54, 1.807) is 0 Å². The number of aliphatic imine (C=N–C) groups is 1. The second-order valence-electron chi connectivity index (χ2n) is 5.49. The summed E-state index contributed by atoms with van der Waals surface area (Å²) >= 11 is 0. The molecule has 7 heteroatoms. The summed E-state index contributed by atoms with van der Waals surface area (Å²) in [5.41, 5.74) is 9.30. The highest BCUT2D eigenvalue weighted by Crippen LogP contribution is 2.15. The number of nitrogens with zero attached hydrogens (tertiary/aromatic N) is 4. The monoisotopic (exact) mass is 412 g/mol. The van der Waals surface area contributed by atoms with Crippen LogP contribution in [-0.2, 0) is 19.5 Å².